The molecule has 140 valence electrons. The van der Waals surface area contributed by atoms with E-state index in [0.29, 0.717) is 19.5 Å². The fourth-order valence-electron chi connectivity index (χ4n) is 2.31. The highest BCUT2D eigenvalue weighted by atomic mass is 32.2. The molecule has 0 spiro atoms. The standard InChI is InChI=1S/C19H32N4OS/c1-4-20-19(21-13-8-9-15-25-3)22-14-12-18(24)23(2)16-17-10-6-5-7-11-17/h5-7,10-11H,4,8-9,12-16H2,1-3H3,(H2,20,21,22). The SMILES string of the molecule is CCNC(=NCCCCSC)NCCC(=O)N(C)Cc1ccccc1. The smallest absolute Gasteiger partial charge is 0.224 e. The van der Waals surface area contributed by atoms with Crippen LogP contribution >= 0.6 is 11.8 Å². The van der Waals surface area contributed by atoms with E-state index in [1.807, 2.05) is 56.1 Å². The average Bonchev–Trinajstić information content (AvgIpc) is 2.62. The number of rotatable bonds is 11. The molecule has 1 aromatic carbocycles. The Labute approximate surface area is 156 Å². The molecular formula is C19H32N4OS. The first-order chi connectivity index (χ1) is 12.2. The van der Waals surface area contributed by atoms with Gasteiger partial charge in [0.15, 0.2) is 5.96 Å². The predicted molar refractivity (Wildman–Crippen MR) is 109 cm³/mol. The summed E-state index contributed by atoms with van der Waals surface area (Å²) < 4.78 is 0. The van der Waals surface area contributed by atoms with Gasteiger partial charge in [0.25, 0.3) is 0 Å². The topological polar surface area (TPSA) is 56.7 Å². The van der Waals surface area contributed by atoms with Crippen LogP contribution in [0.15, 0.2) is 35.3 Å². The third kappa shape index (κ3) is 10.0. The van der Waals surface area contributed by atoms with Crippen LogP contribution in [0.5, 0.6) is 0 Å². The summed E-state index contributed by atoms with van der Waals surface area (Å²) in [5.41, 5.74) is 1.14. The van der Waals surface area contributed by atoms with Crippen molar-refractivity contribution in [3.63, 3.8) is 0 Å². The summed E-state index contributed by atoms with van der Waals surface area (Å²) >= 11 is 1.87. The number of guanidine groups is 1. The van der Waals surface area contributed by atoms with E-state index < -0.39 is 0 Å². The van der Waals surface area contributed by atoms with E-state index in [1.165, 1.54) is 12.2 Å². The second-order valence-electron chi connectivity index (χ2n) is 5.87. The number of thioether (sulfide) groups is 1. The van der Waals surface area contributed by atoms with Gasteiger partial charge in [-0.15, -0.1) is 0 Å². The second-order valence-corrected chi connectivity index (χ2v) is 6.86. The van der Waals surface area contributed by atoms with Crippen molar-refractivity contribution in [2.24, 2.45) is 4.99 Å². The zero-order valence-corrected chi connectivity index (χ0v) is 16.6. The van der Waals surface area contributed by atoms with Gasteiger partial charge >= 0.3 is 0 Å². The molecule has 0 aromatic heterocycles. The number of hydrogen-bond acceptors (Lipinski definition) is 3. The van der Waals surface area contributed by atoms with Crippen molar-refractivity contribution in [2.45, 2.75) is 32.7 Å². The molecule has 0 atom stereocenters. The van der Waals surface area contributed by atoms with Gasteiger partial charge in [-0.25, -0.2) is 0 Å². The lowest BCUT2D eigenvalue weighted by molar-refractivity contribution is -0.130. The van der Waals surface area contributed by atoms with E-state index in [4.69, 9.17) is 0 Å². The Bertz CT molecular complexity index is 507. The molecule has 6 heteroatoms. The van der Waals surface area contributed by atoms with Crippen LogP contribution in [0.2, 0.25) is 0 Å². The highest BCUT2D eigenvalue weighted by Gasteiger charge is 2.09. The fraction of sp³-hybridized carbons (Fsp3) is 0.579. The lowest BCUT2D eigenvalue weighted by atomic mass is 10.2. The molecule has 0 unspecified atom stereocenters. The number of nitrogens with zero attached hydrogens (tertiary/aromatic N) is 2. The first-order valence-corrected chi connectivity index (χ1v) is 10.4. The van der Waals surface area contributed by atoms with Crippen LogP contribution in [0.4, 0.5) is 0 Å². The highest BCUT2D eigenvalue weighted by molar-refractivity contribution is 7.98. The number of hydrogen-bond donors (Lipinski definition) is 2. The lowest BCUT2D eigenvalue weighted by Crippen LogP contribution is -2.39. The number of aliphatic imine (C=N–C) groups is 1. The molecule has 0 radical (unpaired) electrons. The summed E-state index contributed by atoms with van der Waals surface area (Å²) in [6.07, 6.45) is 4.87. The molecule has 1 rings (SSSR count). The van der Waals surface area contributed by atoms with Gasteiger partial charge in [-0.1, -0.05) is 30.3 Å². The van der Waals surface area contributed by atoms with E-state index in [1.54, 1.807) is 4.90 Å². The molecule has 25 heavy (non-hydrogen) atoms. The van der Waals surface area contributed by atoms with Gasteiger partial charge in [0, 0.05) is 39.6 Å². The normalized spacial score (nSPS) is 11.2. The second kappa shape index (κ2) is 13.6. The monoisotopic (exact) mass is 364 g/mol. The largest absolute Gasteiger partial charge is 0.357 e. The maximum Gasteiger partial charge on any atom is 0.224 e. The maximum absolute atomic E-state index is 12.2. The van der Waals surface area contributed by atoms with Gasteiger partial charge in [0.1, 0.15) is 0 Å². The summed E-state index contributed by atoms with van der Waals surface area (Å²) in [6, 6.07) is 10.0. The van der Waals surface area contributed by atoms with Crippen molar-refractivity contribution in [3.05, 3.63) is 35.9 Å². The predicted octanol–water partition coefficient (Wildman–Crippen LogP) is 2.73. The van der Waals surface area contributed by atoms with Crippen LogP contribution in [-0.2, 0) is 11.3 Å². The van der Waals surface area contributed by atoms with Gasteiger partial charge in [-0.3, -0.25) is 9.79 Å². The number of carbonyl (C=O) groups excluding carboxylic acids is 1. The van der Waals surface area contributed by atoms with E-state index in [-0.39, 0.29) is 5.91 Å². The minimum Gasteiger partial charge on any atom is -0.357 e. The van der Waals surface area contributed by atoms with E-state index >= 15 is 0 Å². The maximum atomic E-state index is 12.2. The number of amides is 1. The van der Waals surface area contributed by atoms with Crippen molar-refractivity contribution in [1.82, 2.24) is 15.5 Å². The van der Waals surface area contributed by atoms with Crippen LogP contribution in [0.1, 0.15) is 31.7 Å². The number of carbonyl (C=O) groups is 1. The first kappa shape index (κ1) is 21.4. The van der Waals surface area contributed by atoms with Gasteiger partial charge < -0.3 is 15.5 Å². The Morgan fingerprint density at radius 1 is 1.20 bits per heavy atom. The average molecular weight is 365 g/mol. The fourth-order valence-corrected chi connectivity index (χ4v) is 2.81. The van der Waals surface area contributed by atoms with Crippen LogP contribution in [0.25, 0.3) is 0 Å². The molecule has 1 aromatic rings. The number of unbranched alkanes of at least 4 members (excludes halogenated alkanes) is 1. The number of benzene rings is 1. The quantitative estimate of drug-likeness (QED) is 0.360. The van der Waals surface area contributed by atoms with Crippen molar-refractivity contribution in [1.29, 1.82) is 0 Å². The van der Waals surface area contributed by atoms with Crippen molar-refractivity contribution < 1.29 is 4.79 Å². The third-order valence-electron chi connectivity index (χ3n) is 3.69. The zero-order chi connectivity index (χ0) is 18.3. The third-order valence-corrected chi connectivity index (χ3v) is 4.39. The van der Waals surface area contributed by atoms with Gasteiger partial charge in [-0.2, -0.15) is 11.8 Å². The summed E-state index contributed by atoms with van der Waals surface area (Å²) in [6.45, 7) is 4.91. The molecule has 0 aliphatic rings. The van der Waals surface area contributed by atoms with Gasteiger partial charge in [0.05, 0.1) is 0 Å². The molecule has 0 saturated carbocycles. The molecule has 0 heterocycles. The van der Waals surface area contributed by atoms with Crippen molar-refractivity contribution in [3.8, 4) is 0 Å². The van der Waals surface area contributed by atoms with Crippen LogP contribution in [-0.4, -0.2) is 55.5 Å². The summed E-state index contributed by atoms with van der Waals surface area (Å²) in [5.74, 6) is 2.11. The molecule has 0 aliphatic heterocycles. The Morgan fingerprint density at radius 2 is 1.96 bits per heavy atom. The Balaban J connectivity index is 2.31. The summed E-state index contributed by atoms with van der Waals surface area (Å²) in [5, 5.41) is 6.47. The number of nitrogens with one attached hydrogen (secondary N) is 2. The van der Waals surface area contributed by atoms with Crippen LogP contribution < -0.4 is 10.6 Å². The van der Waals surface area contributed by atoms with Gasteiger partial charge in [0.2, 0.25) is 5.91 Å². The van der Waals surface area contributed by atoms with Gasteiger partial charge in [-0.05, 0) is 37.3 Å². The molecule has 0 aliphatic carbocycles. The molecule has 0 bridgehead atoms. The Morgan fingerprint density at radius 3 is 2.64 bits per heavy atom. The minimum absolute atomic E-state index is 0.132. The molecule has 5 nitrogen and oxygen atoms in total. The molecule has 0 saturated heterocycles. The van der Waals surface area contributed by atoms with E-state index in [9.17, 15) is 4.79 Å². The first-order valence-electron chi connectivity index (χ1n) is 8.96. The summed E-state index contributed by atoms with van der Waals surface area (Å²) in [4.78, 5) is 18.6. The molecule has 1 amide bonds. The van der Waals surface area contributed by atoms with Crippen LogP contribution in [0, 0.1) is 0 Å². The highest BCUT2D eigenvalue weighted by Crippen LogP contribution is 2.03. The lowest BCUT2D eigenvalue weighted by Gasteiger charge is -2.18. The molecule has 2 N–H and O–H groups in total. The molecular weight excluding hydrogens is 332 g/mol. The molecule has 0 fully saturated rings. The summed E-state index contributed by atoms with van der Waals surface area (Å²) in [7, 11) is 1.85. The Hall–Kier alpha value is -1.69. The van der Waals surface area contributed by atoms with E-state index in [0.717, 1.165) is 31.0 Å². The van der Waals surface area contributed by atoms with E-state index in [2.05, 4.69) is 21.9 Å². The zero-order valence-electron chi connectivity index (χ0n) is 15.8. The Kier molecular flexibility index (Phi) is 11.6. The van der Waals surface area contributed by atoms with Crippen molar-refractivity contribution >= 4 is 23.6 Å². The van der Waals surface area contributed by atoms with Crippen LogP contribution in [0.3, 0.4) is 0 Å². The van der Waals surface area contributed by atoms with Crippen molar-refractivity contribution in [2.75, 3.05) is 38.7 Å². The minimum atomic E-state index is 0.132.